The zero-order chi connectivity index (χ0) is 20.4. The Morgan fingerprint density at radius 1 is 1.21 bits per heavy atom. The molecule has 2 aliphatic heterocycles. The van der Waals surface area contributed by atoms with Crippen molar-refractivity contribution in [3.8, 4) is 10.6 Å². The van der Waals surface area contributed by atoms with Crippen LogP contribution in [0.3, 0.4) is 0 Å². The highest BCUT2D eigenvalue weighted by molar-refractivity contribution is 7.92. The minimum atomic E-state index is -3.22. The summed E-state index contributed by atoms with van der Waals surface area (Å²) >= 11 is 1.56. The molecule has 0 spiro atoms. The second kappa shape index (κ2) is 8.11. The van der Waals surface area contributed by atoms with E-state index in [0.29, 0.717) is 25.7 Å². The number of hydrogen-bond acceptors (Lipinski definition) is 6. The Labute approximate surface area is 173 Å². The van der Waals surface area contributed by atoms with Crippen molar-refractivity contribution in [1.82, 2.24) is 15.6 Å². The van der Waals surface area contributed by atoms with E-state index in [1.54, 1.807) is 17.5 Å². The molecule has 0 saturated carbocycles. The van der Waals surface area contributed by atoms with Crippen molar-refractivity contribution in [3.63, 3.8) is 0 Å². The minimum Gasteiger partial charge on any atom is -0.332 e. The van der Waals surface area contributed by atoms with Gasteiger partial charge in [-0.05, 0) is 37.1 Å². The van der Waals surface area contributed by atoms with Crippen molar-refractivity contribution in [1.29, 1.82) is 0 Å². The van der Waals surface area contributed by atoms with Crippen LogP contribution in [0.25, 0.3) is 10.6 Å². The first kappa shape index (κ1) is 19.8. The Balaban J connectivity index is 1.23. The number of sulfone groups is 1. The van der Waals surface area contributed by atoms with Gasteiger partial charge in [-0.3, -0.25) is 4.79 Å². The fourth-order valence-corrected chi connectivity index (χ4v) is 6.84. The molecule has 0 unspecified atom stereocenters. The quantitative estimate of drug-likeness (QED) is 0.456. The van der Waals surface area contributed by atoms with Gasteiger partial charge in [0.05, 0.1) is 23.1 Å². The summed E-state index contributed by atoms with van der Waals surface area (Å²) < 4.78 is 24.6. The van der Waals surface area contributed by atoms with Gasteiger partial charge in [-0.2, -0.15) is 0 Å². The molecule has 0 bridgehead atoms. The second-order valence-electron chi connectivity index (χ2n) is 7.33. The molecule has 0 radical (unpaired) electrons. The molecule has 2 fully saturated rings. The lowest BCUT2D eigenvalue weighted by molar-refractivity contribution is -0.116. The average Bonchev–Trinajstić information content (AvgIpc) is 3.36. The van der Waals surface area contributed by atoms with Crippen molar-refractivity contribution in [3.05, 3.63) is 35.8 Å². The van der Waals surface area contributed by atoms with Gasteiger partial charge >= 0.3 is 6.03 Å². The lowest BCUT2D eigenvalue weighted by atomic mass is 10.0. The largest absolute Gasteiger partial charge is 0.332 e. The van der Waals surface area contributed by atoms with Gasteiger partial charge in [0.1, 0.15) is 5.01 Å². The van der Waals surface area contributed by atoms with Gasteiger partial charge < -0.3 is 16.0 Å². The van der Waals surface area contributed by atoms with E-state index >= 15 is 0 Å². The maximum atomic E-state index is 12.3. The molecule has 3 atom stereocenters. The van der Waals surface area contributed by atoms with Crippen LogP contribution in [0.15, 0.2) is 35.8 Å². The van der Waals surface area contributed by atoms with E-state index in [0.717, 1.165) is 16.3 Å². The van der Waals surface area contributed by atoms with Gasteiger partial charge in [-0.1, -0.05) is 6.42 Å². The Kier molecular flexibility index (Phi) is 5.55. The normalized spacial score (nSPS) is 24.6. The number of fused-ring (bicyclic) bond motifs is 1. The van der Waals surface area contributed by atoms with Crippen LogP contribution >= 0.6 is 11.3 Å². The van der Waals surface area contributed by atoms with Crippen LogP contribution in [0.1, 0.15) is 25.7 Å². The highest BCUT2D eigenvalue weighted by atomic mass is 32.2. The smallest absolute Gasteiger partial charge is 0.315 e. The van der Waals surface area contributed by atoms with Gasteiger partial charge in [0.15, 0.2) is 9.84 Å². The molecule has 3 heterocycles. The third-order valence-electron chi connectivity index (χ3n) is 5.31. The first-order valence-corrected chi connectivity index (χ1v) is 12.1. The van der Waals surface area contributed by atoms with Gasteiger partial charge in [-0.15, -0.1) is 11.3 Å². The summed E-state index contributed by atoms with van der Waals surface area (Å²) in [6.45, 7) is 0. The molecule has 4 rings (SSSR count). The predicted octanol–water partition coefficient (Wildman–Crippen LogP) is 2.16. The lowest BCUT2D eigenvalue weighted by Crippen LogP contribution is -2.39. The Bertz CT molecular complexity index is 990. The van der Waals surface area contributed by atoms with E-state index in [4.69, 9.17) is 0 Å². The number of urea groups is 1. The molecule has 10 heteroatoms. The first-order valence-electron chi connectivity index (χ1n) is 9.51. The number of unbranched alkanes of at least 4 members (excludes halogenated alkanes) is 1. The van der Waals surface area contributed by atoms with Crippen molar-refractivity contribution in [2.75, 3.05) is 11.1 Å². The maximum absolute atomic E-state index is 12.3. The Morgan fingerprint density at radius 2 is 2.00 bits per heavy atom. The fourth-order valence-electron chi connectivity index (χ4n) is 3.92. The van der Waals surface area contributed by atoms with Gasteiger partial charge in [-0.25, -0.2) is 18.2 Å². The van der Waals surface area contributed by atoms with Crippen LogP contribution in [0.2, 0.25) is 0 Å². The molecule has 8 nitrogen and oxygen atoms in total. The van der Waals surface area contributed by atoms with Crippen molar-refractivity contribution >= 4 is 38.8 Å². The molecule has 154 valence electrons. The number of anilines is 1. The maximum Gasteiger partial charge on any atom is 0.315 e. The fraction of sp³-hybridized carbons (Fsp3) is 0.421. The summed E-state index contributed by atoms with van der Waals surface area (Å²) in [5.41, 5.74) is 1.72. The molecular weight excluding hydrogens is 412 g/mol. The zero-order valence-corrected chi connectivity index (χ0v) is 17.3. The molecule has 2 aliphatic rings. The summed E-state index contributed by atoms with van der Waals surface area (Å²) in [7, 11) is -3.22. The standard InChI is InChI=1S/C19H22N4O4S2/c24-16(21-13-7-5-12(6-8-13)18-20-9-10-28-18)4-2-1-3-15-17-14(11-29(15,26)27)22-19(25)23-17/h5-10,14-15,17H,1-4,11H2,(H,21,24)(H2,22,23,25)/t14-,15-,17-/m1/s1. The summed E-state index contributed by atoms with van der Waals surface area (Å²) in [6, 6.07) is 6.51. The summed E-state index contributed by atoms with van der Waals surface area (Å²) in [6.07, 6.45) is 3.72. The lowest BCUT2D eigenvalue weighted by Gasteiger charge is -2.16. The van der Waals surface area contributed by atoms with E-state index in [2.05, 4.69) is 20.9 Å². The first-order chi connectivity index (χ1) is 13.9. The molecule has 3 amide bonds. The SMILES string of the molecule is O=C(CCCC[C@@H]1[C@@H]2NC(=O)N[C@@H]2CS1(=O)=O)Nc1ccc(-c2nccs2)cc1. The number of amides is 3. The highest BCUT2D eigenvalue weighted by Crippen LogP contribution is 2.28. The summed E-state index contributed by atoms with van der Waals surface area (Å²) in [5.74, 6) is -0.117. The molecule has 2 aromatic rings. The van der Waals surface area contributed by atoms with Gasteiger partial charge in [0.2, 0.25) is 5.91 Å². The number of benzene rings is 1. The van der Waals surface area contributed by atoms with Crippen LogP contribution < -0.4 is 16.0 Å². The Hall–Kier alpha value is -2.46. The average molecular weight is 435 g/mol. The monoisotopic (exact) mass is 434 g/mol. The number of thiazole rings is 1. The van der Waals surface area contributed by atoms with Crippen molar-refractivity contribution in [2.24, 2.45) is 0 Å². The Morgan fingerprint density at radius 3 is 2.72 bits per heavy atom. The van der Waals surface area contributed by atoms with E-state index < -0.39 is 15.1 Å². The van der Waals surface area contributed by atoms with Crippen molar-refractivity contribution in [2.45, 2.75) is 43.0 Å². The second-order valence-corrected chi connectivity index (χ2v) is 10.5. The van der Waals surface area contributed by atoms with E-state index in [1.165, 1.54) is 0 Å². The molecule has 29 heavy (non-hydrogen) atoms. The number of nitrogens with zero attached hydrogens (tertiary/aromatic N) is 1. The number of rotatable bonds is 7. The summed E-state index contributed by atoms with van der Waals surface area (Å²) in [4.78, 5) is 27.8. The number of nitrogens with one attached hydrogen (secondary N) is 3. The third kappa shape index (κ3) is 4.43. The van der Waals surface area contributed by atoms with Crippen LogP contribution in [0.5, 0.6) is 0 Å². The molecule has 0 aliphatic carbocycles. The molecule has 1 aromatic carbocycles. The van der Waals surface area contributed by atoms with Gasteiger partial charge in [0, 0.05) is 29.2 Å². The number of hydrogen-bond donors (Lipinski definition) is 3. The van der Waals surface area contributed by atoms with E-state index in [1.807, 2.05) is 29.6 Å². The van der Waals surface area contributed by atoms with E-state index in [9.17, 15) is 18.0 Å². The highest BCUT2D eigenvalue weighted by Gasteiger charge is 2.51. The molecule has 3 N–H and O–H groups in total. The minimum absolute atomic E-state index is 0.0153. The number of aromatic nitrogens is 1. The van der Waals surface area contributed by atoms with Crippen LogP contribution in [0, 0.1) is 0 Å². The molecule has 1 aromatic heterocycles. The predicted molar refractivity (Wildman–Crippen MR) is 111 cm³/mol. The van der Waals surface area contributed by atoms with Crippen LogP contribution in [-0.4, -0.2) is 48.4 Å². The zero-order valence-electron chi connectivity index (χ0n) is 15.6. The third-order valence-corrected chi connectivity index (χ3v) is 8.41. The topological polar surface area (TPSA) is 117 Å². The summed E-state index contributed by atoms with van der Waals surface area (Å²) in [5, 5.41) is 10.5. The van der Waals surface area contributed by atoms with Crippen molar-refractivity contribution < 1.29 is 18.0 Å². The van der Waals surface area contributed by atoms with Crippen LogP contribution in [0.4, 0.5) is 10.5 Å². The molecular formula is C19H22N4O4S2. The number of carbonyl (C=O) groups is 2. The number of carbonyl (C=O) groups excluding carboxylic acids is 2. The van der Waals surface area contributed by atoms with E-state index in [-0.39, 0.29) is 29.8 Å². The molecule has 2 saturated heterocycles. The van der Waals surface area contributed by atoms with Crippen LogP contribution in [-0.2, 0) is 14.6 Å². The van der Waals surface area contributed by atoms with Gasteiger partial charge in [0.25, 0.3) is 0 Å².